The number of rotatable bonds is 5. The van der Waals surface area contributed by atoms with Crippen LogP contribution >= 0.6 is 0 Å². The molecule has 16 heavy (non-hydrogen) atoms. The lowest BCUT2D eigenvalue weighted by molar-refractivity contribution is 0.101. The summed E-state index contributed by atoms with van der Waals surface area (Å²) in [4.78, 5) is 4.27. The number of nitrogens with two attached hydrogens (primary N) is 1. The average molecular weight is 220 g/mol. The number of pyridine rings is 1. The summed E-state index contributed by atoms with van der Waals surface area (Å²) in [6, 6.07) is 5.98. The molecule has 0 aromatic carbocycles. The predicted molar refractivity (Wildman–Crippen MR) is 64.0 cm³/mol. The molecular formula is C13H20N2O. The smallest absolute Gasteiger partial charge is 0.0576 e. The van der Waals surface area contributed by atoms with Gasteiger partial charge in [0.1, 0.15) is 0 Å². The fraction of sp³-hybridized carbons (Fsp3) is 0.615. The maximum Gasteiger partial charge on any atom is 0.0576 e. The van der Waals surface area contributed by atoms with Crippen LogP contribution < -0.4 is 5.73 Å². The summed E-state index contributed by atoms with van der Waals surface area (Å²) < 4.78 is 5.58. The fourth-order valence-corrected chi connectivity index (χ4v) is 2.18. The molecule has 1 aliphatic heterocycles. The molecule has 1 aromatic rings. The van der Waals surface area contributed by atoms with Gasteiger partial charge in [-0.25, -0.2) is 0 Å². The van der Waals surface area contributed by atoms with Crippen LogP contribution in [0.25, 0.3) is 0 Å². The second-order valence-electron chi connectivity index (χ2n) is 4.43. The van der Waals surface area contributed by atoms with Gasteiger partial charge in [-0.3, -0.25) is 4.98 Å². The summed E-state index contributed by atoms with van der Waals surface area (Å²) in [5.74, 6) is 0. The van der Waals surface area contributed by atoms with E-state index in [0.717, 1.165) is 31.6 Å². The average Bonchev–Trinajstić information content (AvgIpc) is 2.83. The molecule has 2 unspecified atom stereocenters. The van der Waals surface area contributed by atoms with Gasteiger partial charge in [-0.05, 0) is 44.2 Å². The molecule has 1 aromatic heterocycles. The van der Waals surface area contributed by atoms with Gasteiger partial charge in [0.15, 0.2) is 0 Å². The highest BCUT2D eigenvalue weighted by Crippen LogP contribution is 2.20. The molecule has 2 atom stereocenters. The van der Waals surface area contributed by atoms with E-state index >= 15 is 0 Å². The minimum absolute atomic E-state index is 0.0719. The normalized spacial score (nSPS) is 22.2. The third-order valence-electron chi connectivity index (χ3n) is 3.13. The molecule has 0 spiro atoms. The number of hydrogen-bond donors (Lipinski definition) is 1. The van der Waals surface area contributed by atoms with Crippen molar-refractivity contribution in [3.8, 4) is 0 Å². The van der Waals surface area contributed by atoms with E-state index < -0.39 is 0 Å². The monoisotopic (exact) mass is 220 g/mol. The van der Waals surface area contributed by atoms with Crippen LogP contribution in [-0.2, 0) is 4.74 Å². The Morgan fingerprint density at radius 1 is 1.50 bits per heavy atom. The lowest BCUT2D eigenvalue weighted by Crippen LogP contribution is -2.13. The molecule has 3 heteroatoms. The van der Waals surface area contributed by atoms with Gasteiger partial charge in [-0.1, -0.05) is 6.07 Å². The Kier molecular flexibility index (Phi) is 4.31. The Balaban J connectivity index is 1.69. The predicted octanol–water partition coefficient (Wildman–Crippen LogP) is 2.43. The van der Waals surface area contributed by atoms with E-state index in [1.807, 2.05) is 18.2 Å². The topological polar surface area (TPSA) is 48.1 Å². The van der Waals surface area contributed by atoms with Gasteiger partial charge in [0, 0.05) is 18.8 Å². The zero-order chi connectivity index (χ0) is 11.2. The molecule has 0 bridgehead atoms. The van der Waals surface area contributed by atoms with Crippen molar-refractivity contribution in [3.63, 3.8) is 0 Å². The standard InChI is InChI=1S/C13H20N2O/c14-12(13-8-1-2-9-15-13)7-3-5-11-6-4-10-16-11/h1-2,8-9,11-12H,3-7,10,14H2. The van der Waals surface area contributed by atoms with Gasteiger partial charge in [0.25, 0.3) is 0 Å². The van der Waals surface area contributed by atoms with Gasteiger partial charge in [0.05, 0.1) is 11.8 Å². The molecule has 2 heterocycles. The highest BCUT2D eigenvalue weighted by molar-refractivity contribution is 5.07. The highest BCUT2D eigenvalue weighted by Gasteiger charge is 2.15. The zero-order valence-electron chi connectivity index (χ0n) is 9.64. The first-order chi connectivity index (χ1) is 7.86. The zero-order valence-corrected chi connectivity index (χ0v) is 9.64. The lowest BCUT2D eigenvalue weighted by atomic mass is 10.0. The largest absolute Gasteiger partial charge is 0.378 e. The van der Waals surface area contributed by atoms with Crippen LogP contribution in [0.3, 0.4) is 0 Å². The molecule has 2 N–H and O–H groups in total. The Morgan fingerprint density at radius 2 is 2.44 bits per heavy atom. The molecule has 0 aliphatic carbocycles. The molecular weight excluding hydrogens is 200 g/mol. The van der Waals surface area contributed by atoms with Crippen molar-refractivity contribution in [2.45, 2.75) is 44.2 Å². The van der Waals surface area contributed by atoms with E-state index in [1.54, 1.807) is 6.20 Å². The molecule has 1 saturated heterocycles. The second-order valence-corrected chi connectivity index (χ2v) is 4.43. The Labute approximate surface area is 97.0 Å². The van der Waals surface area contributed by atoms with Crippen molar-refractivity contribution in [2.24, 2.45) is 5.73 Å². The van der Waals surface area contributed by atoms with Crippen molar-refractivity contribution in [3.05, 3.63) is 30.1 Å². The summed E-state index contributed by atoms with van der Waals surface area (Å²) in [7, 11) is 0. The summed E-state index contributed by atoms with van der Waals surface area (Å²) in [6.45, 7) is 0.941. The minimum atomic E-state index is 0.0719. The van der Waals surface area contributed by atoms with Crippen LogP contribution in [0.4, 0.5) is 0 Å². The van der Waals surface area contributed by atoms with Gasteiger partial charge in [-0.15, -0.1) is 0 Å². The SMILES string of the molecule is NC(CCCC1CCCO1)c1ccccn1. The number of ether oxygens (including phenoxy) is 1. The summed E-state index contributed by atoms with van der Waals surface area (Å²) >= 11 is 0. The van der Waals surface area contributed by atoms with Crippen molar-refractivity contribution in [1.82, 2.24) is 4.98 Å². The molecule has 88 valence electrons. The van der Waals surface area contributed by atoms with Crippen LogP contribution in [0.2, 0.25) is 0 Å². The molecule has 0 saturated carbocycles. The van der Waals surface area contributed by atoms with Gasteiger partial charge in [0.2, 0.25) is 0 Å². The lowest BCUT2D eigenvalue weighted by Gasteiger charge is -2.13. The van der Waals surface area contributed by atoms with E-state index in [2.05, 4.69) is 4.98 Å². The molecule has 0 amide bonds. The highest BCUT2D eigenvalue weighted by atomic mass is 16.5. The van der Waals surface area contributed by atoms with E-state index in [1.165, 1.54) is 12.8 Å². The first-order valence-electron chi connectivity index (χ1n) is 6.14. The Morgan fingerprint density at radius 3 is 3.12 bits per heavy atom. The second kappa shape index (κ2) is 5.97. The number of aromatic nitrogens is 1. The maximum absolute atomic E-state index is 6.08. The van der Waals surface area contributed by atoms with Crippen molar-refractivity contribution in [2.75, 3.05) is 6.61 Å². The molecule has 1 aliphatic rings. The maximum atomic E-state index is 6.08. The van der Waals surface area contributed by atoms with Crippen molar-refractivity contribution in [1.29, 1.82) is 0 Å². The van der Waals surface area contributed by atoms with Gasteiger partial charge >= 0.3 is 0 Å². The first kappa shape index (κ1) is 11.6. The summed E-state index contributed by atoms with van der Waals surface area (Å²) in [5, 5.41) is 0. The van der Waals surface area contributed by atoms with Crippen LogP contribution in [0.5, 0.6) is 0 Å². The molecule has 1 fully saturated rings. The van der Waals surface area contributed by atoms with E-state index in [9.17, 15) is 0 Å². The summed E-state index contributed by atoms with van der Waals surface area (Å²) in [5.41, 5.74) is 7.07. The van der Waals surface area contributed by atoms with Gasteiger partial charge in [-0.2, -0.15) is 0 Å². The molecule has 3 nitrogen and oxygen atoms in total. The quantitative estimate of drug-likeness (QED) is 0.829. The van der Waals surface area contributed by atoms with Gasteiger partial charge < -0.3 is 10.5 Å². The Hall–Kier alpha value is -0.930. The third-order valence-corrected chi connectivity index (χ3v) is 3.13. The van der Waals surface area contributed by atoms with Crippen LogP contribution in [-0.4, -0.2) is 17.7 Å². The number of hydrogen-bond acceptors (Lipinski definition) is 3. The van der Waals surface area contributed by atoms with E-state index in [-0.39, 0.29) is 6.04 Å². The van der Waals surface area contributed by atoms with E-state index in [4.69, 9.17) is 10.5 Å². The Bertz CT molecular complexity index is 296. The molecule has 0 radical (unpaired) electrons. The number of nitrogens with zero attached hydrogens (tertiary/aromatic N) is 1. The minimum Gasteiger partial charge on any atom is -0.378 e. The van der Waals surface area contributed by atoms with Crippen molar-refractivity contribution >= 4 is 0 Å². The first-order valence-corrected chi connectivity index (χ1v) is 6.14. The van der Waals surface area contributed by atoms with Crippen LogP contribution in [0, 0.1) is 0 Å². The summed E-state index contributed by atoms with van der Waals surface area (Å²) in [6.07, 6.45) is 7.99. The van der Waals surface area contributed by atoms with Crippen LogP contribution in [0.15, 0.2) is 24.4 Å². The third kappa shape index (κ3) is 3.29. The van der Waals surface area contributed by atoms with E-state index in [0.29, 0.717) is 6.10 Å². The molecule has 2 rings (SSSR count). The van der Waals surface area contributed by atoms with Crippen LogP contribution in [0.1, 0.15) is 43.8 Å². The van der Waals surface area contributed by atoms with Crippen molar-refractivity contribution < 1.29 is 4.74 Å². The fourth-order valence-electron chi connectivity index (χ4n) is 2.18.